The van der Waals surface area contributed by atoms with Gasteiger partial charge in [0.25, 0.3) is 0 Å². The van der Waals surface area contributed by atoms with Crippen molar-refractivity contribution in [2.75, 3.05) is 20.3 Å². The fourth-order valence-electron chi connectivity index (χ4n) is 3.14. The predicted octanol–water partition coefficient (Wildman–Crippen LogP) is 2.24. The number of rotatable bonds is 3. The van der Waals surface area contributed by atoms with Gasteiger partial charge in [-0.15, -0.1) is 0 Å². The molecule has 0 aromatic carbocycles. The topological polar surface area (TPSA) is 49.2 Å². The maximum absolute atomic E-state index is 5.69. The monoisotopic (exact) mass is 331 g/mol. The van der Waals surface area contributed by atoms with E-state index in [4.69, 9.17) is 14.6 Å². The first kappa shape index (κ1) is 16.2. The molecule has 3 rings (SSSR count). The molecule has 0 saturated carbocycles. The summed E-state index contributed by atoms with van der Waals surface area (Å²) in [5.74, 6) is 0.667. The number of fused-ring (bicyclic) bond motifs is 1. The second kappa shape index (κ2) is 6.09. The minimum absolute atomic E-state index is 0.667. The maximum atomic E-state index is 5.69. The molecule has 0 fully saturated rings. The molecule has 0 saturated heterocycles. The molecule has 0 aliphatic carbocycles. The van der Waals surface area contributed by atoms with Crippen molar-refractivity contribution in [2.45, 2.75) is 39.4 Å². The van der Waals surface area contributed by atoms with Crippen LogP contribution in [0, 0.1) is 6.92 Å². The molecule has 0 atom stereocenters. The highest BCUT2D eigenvalue weighted by Crippen LogP contribution is 2.22. The largest absolute Gasteiger partial charge is 0.481 e. The summed E-state index contributed by atoms with van der Waals surface area (Å²) in [4.78, 5) is 4.41. The second-order valence-electron chi connectivity index (χ2n) is 7.07. The number of methoxy groups -OCH3 is 1. The summed E-state index contributed by atoms with van der Waals surface area (Å²) >= 11 is 0. The quantitative estimate of drug-likeness (QED) is 0.810. The Morgan fingerprint density at radius 3 is 2.61 bits per heavy atom. The Morgan fingerprint density at radius 1 is 1.22 bits per heavy atom. The van der Waals surface area contributed by atoms with Gasteiger partial charge in [-0.2, -0.15) is 5.10 Å². The van der Waals surface area contributed by atoms with Gasteiger partial charge in [0.2, 0.25) is 5.88 Å². The number of hydrogen-bond acceptors (Lipinski definition) is 4. The first-order valence-electron chi connectivity index (χ1n) is 8.12. The highest BCUT2D eigenvalue weighted by Gasteiger charge is 2.29. The van der Waals surface area contributed by atoms with Gasteiger partial charge in [-0.1, -0.05) is 19.6 Å². The van der Waals surface area contributed by atoms with Crippen molar-refractivity contribution in [1.29, 1.82) is 0 Å². The lowest BCUT2D eigenvalue weighted by atomic mass is 10.1. The van der Waals surface area contributed by atoms with E-state index in [0.717, 1.165) is 37.3 Å². The van der Waals surface area contributed by atoms with Crippen molar-refractivity contribution in [3.63, 3.8) is 0 Å². The molecule has 2 aromatic heterocycles. The van der Waals surface area contributed by atoms with Crippen LogP contribution in [0.15, 0.2) is 12.3 Å². The Morgan fingerprint density at radius 2 is 1.96 bits per heavy atom. The molecule has 1 aliphatic heterocycles. The van der Waals surface area contributed by atoms with Crippen molar-refractivity contribution in [3.05, 3.63) is 29.1 Å². The Kier molecular flexibility index (Phi) is 4.29. The van der Waals surface area contributed by atoms with Crippen molar-refractivity contribution in [1.82, 2.24) is 14.8 Å². The number of aromatic nitrogens is 3. The van der Waals surface area contributed by atoms with Crippen LogP contribution in [0.2, 0.25) is 19.6 Å². The highest BCUT2D eigenvalue weighted by atomic mass is 28.3. The molecular formula is C17H25N3O2Si. The van der Waals surface area contributed by atoms with Crippen molar-refractivity contribution >= 4 is 13.4 Å². The summed E-state index contributed by atoms with van der Waals surface area (Å²) in [5, 5.41) is 6.31. The molecule has 2 aromatic rings. The fourth-order valence-corrected chi connectivity index (χ4v) is 4.72. The molecule has 0 bridgehead atoms. The lowest BCUT2D eigenvalue weighted by molar-refractivity contribution is 0.145. The third kappa shape index (κ3) is 3.05. The number of hydrogen-bond donors (Lipinski definition) is 0. The van der Waals surface area contributed by atoms with Gasteiger partial charge in [0.05, 0.1) is 32.2 Å². The maximum Gasteiger partial charge on any atom is 0.216 e. The van der Waals surface area contributed by atoms with Crippen LogP contribution in [0.4, 0.5) is 0 Å². The van der Waals surface area contributed by atoms with Crippen molar-refractivity contribution in [3.8, 4) is 11.6 Å². The Bertz CT molecular complexity index is 719. The van der Waals surface area contributed by atoms with Gasteiger partial charge < -0.3 is 9.47 Å². The molecule has 1 aliphatic rings. The zero-order valence-electron chi connectivity index (χ0n) is 14.6. The Hall–Kier alpha value is -1.66. The third-order valence-electron chi connectivity index (χ3n) is 4.23. The number of pyridine rings is 1. The lowest BCUT2D eigenvalue weighted by Crippen LogP contribution is -2.41. The van der Waals surface area contributed by atoms with E-state index in [0.29, 0.717) is 5.88 Å². The molecule has 0 amide bonds. The van der Waals surface area contributed by atoms with Crippen LogP contribution in [0.1, 0.15) is 16.8 Å². The molecule has 124 valence electrons. The van der Waals surface area contributed by atoms with Gasteiger partial charge in [0.15, 0.2) is 0 Å². The minimum atomic E-state index is -1.51. The average molecular weight is 331 g/mol. The van der Waals surface area contributed by atoms with Crippen LogP contribution in [-0.4, -0.2) is 43.2 Å². The van der Waals surface area contributed by atoms with Crippen LogP contribution in [-0.2, 0) is 17.6 Å². The van der Waals surface area contributed by atoms with E-state index in [9.17, 15) is 0 Å². The lowest BCUT2D eigenvalue weighted by Gasteiger charge is -2.14. The van der Waals surface area contributed by atoms with Crippen LogP contribution in [0.25, 0.3) is 5.69 Å². The third-order valence-corrected chi connectivity index (χ3v) is 6.06. The summed E-state index contributed by atoms with van der Waals surface area (Å²) in [6.07, 6.45) is 3.70. The molecule has 0 unspecified atom stereocenters. The normalized spacial score (nSPS) is 15.2. The molecule has 0 spiro atoms. The van der Waals surface area contributed by atoms with Gasteiger partial charge in [0.1, 0.15) is 8.07 Å². The standard InChI is InChI=1S/C17H25N3O2Si/c1-12-10-13(11-18-16(12)21-2)20-15-7-9-22-8-6-14(15)17(19-20)23(3,4)5/h10-11H,6-9H2,1-5H3. The fraction of sp³-hybridized carbons (Fsp3) is 0.529. The molecule has 3 heterocycles. The number of ether oxygens (including phenoxy) is 2. The van der Waals surface area contributed by atoms with E-state index in [2.05, 4.69) is 35.4 Å². The summed E-state index contributed by atoms with van der Waals surface area (Å²) in [6.45, 7) is 10.6. The smallest absolute Gasteiger partial charge is 0.216 e. The molecule has 5 nitrogen and oxygen atoms in total. The van der Waals surface area contributed by atoms with Crippen LogP contribution in [0.5, 0.6) is 5.88 Å². The van der Waals surface area contributed by atoms with Crippen molar-refractivity contribution in [2.24, 2.45) is 0 Å². The van der Waals surface area contributed by atoms with Crippen LogP contribution < -0.4 is 10.1 Å². The van der Waals surface area contributed by atoms with E-state index in [1.165, 1.54) is 16.6 Å². The van der Waals surface area contributed by atoms with E-state index < -0.39 is 8.07 Å². The van der Waals surface area contributed by atoms with Crippen LogP contribution in [0.3, 0.4) is 0 Å². The van der Waals surface area contributed by atoms with Gasteiger partial charge in [-0.05, 0) is 25.0 Å². The Labute approximate surface area is 138 Å². The predicted molar refractivity (Wildman–Crippen MR) is 93.9 cm³/mol. The van der Waals surface area contributed by atoms with Gasteiger partial charge in [0, 0.05) is 23.0 Å². The number of aryl methyl sites for hydroxylation is 1. The van der Waals surface area contributed by atoms with E-state index in [1.807, 2.05) is 13.1 Å². The molecule has 0 N–H and O–H groups in total. The first-order valence-corrected chi connectivity index (χ1v) is 11.6. The summed E-state index contributed by atoms with van der Waals surface area (Å²) in [6, 6.07) is 2.10. The van der Waals surface area contributed by atoms with E-state index in [1.54, 1.807) is 7.11 Å². The average Bonchev–Trinajstić information content (AvgIpc) is 2.70. The zero-order valence-corrected chi connectivity index (χ0v) is 15.6. The SMILES string of the molecule is COc1ncc(-n2nc([Si](C)(C)C)c3c2CCOCC3)cc1C. The summed E-state index contributed by atoms with van der Waals surface area (Å²) < 4.78 is 13.0. The van der Waals surface area contributed by atoms with E-state index in [-0.39, 0.29) is 0 Å². The molecule has 6 heteroatoms. The van der Waals surface area contributed by atoms with Crippen LogP contribution >= 0.6 is 0 Å². The minimum Gasteiger partial charge on any atom is -0.481 e. The molecular weight excluding hydrogens is 306 g/mol. The van der Waals surface area contributed by atoms with Gasteiger partial charge in [-0.25, -0.2) is 9.67 Å². The highest BCUT2D eigenvalue weighted by molar-refractivity contribution is 6.88. The van der Waals surface area contributed by atoms with Gasteiger partial charge in [-0.3, -0.25) is 0 Å². The summed E-state index contributed by atoms with van der Waals surface area (Å²) in [5.41, 5.74) is 4.71. The van der Waals surface area contributed by atoms with Gasteiger partial charge >= 0.3 is 0 Å². The summed E-state index contributed by atoms with van der Waals surface area (Å²) in [7, 11) is 0.137. The zero-order chi connectivity index (χ0) is 16.6. The first-order chi connectivity index (χ1) is 10.9. The Balaban J connectivity index is 2.16. The van der Waals surface area contributed by atoms with Crippen molar-refractivity contribution < 1.29 is 9.47 Å². The molecule has 0 radical (unpaired) electrons. The molecule has 23 heavy (non-hydrogen) atoms. The number of nitrogens with zero attached hydrogens (tertiary/aromatic N) is 3. The second-order valence-corrected chi connectivity index (χ2v) is 12.0. The van der Waals surface area contributed by atoms with E-state index >= 15 is 0 Å².